The molecule has 37 heavy (non-hydrogen) atoms. The van der Waals surface area contributed by atoms with Gasteiger partial charge in [0.2, 0.25) is 0 Å². The van der Waals surface area contributed by atoms with E-state index in [1.165, 1.54) is 6.20 Å². The van der Waals surface area contributed by atoms with E-state index < -0.39 is 11.8 Å². The van der Waals surface area contributed by atoms with E-state index in [0.29, 0.717) is 34.9 Å². The molecule has 2 amide bonds. The Labute approximate surface area is 219 Å². The van der Waals surface area contributed by atoms with Gasteiger partial charge < -0.3 is 20.9 Å². The minimum Gasteiger partial charge on any atom is -0.383 e. The first kappa shape index (κ1) is 25.1. The maximum atomic E-state index is 13.4. The number of thiazole rings is 1. The first-order valence-corrected chi connectivity index (χ1v) is 13.4. The van der Waals surface area contributed by atoms with Crippen LogP contribution in [-0.4, -0.2) is 69.0 Å². The van der Waals surface area contributed by atoms with Crippen LogP contribution < -0.4 is 11.1 Å². The first-order chi connectivity index (χ1) is 17.8. The molecule has 0 bridgehead atoms. The summed E-state index contributed by atoms with van der Waals surface area (Å²) in [5, 5.41) is 11.2. The van der Waals surface area contributed by atoms with Crippen molar-refractivity contribution in [1.82, 2.24) is 30.0 Å². The quantitative estimate of drug-likeness (QED) is 0.331. The lowest BCUT2D eigenvalue weighted by molar-refractivity contribution is -0.146. The third-order valence-corrected chi connectivity index (χ3v) is 7.97. The molecular weight excluding hydrogens is 488 g/mol. The van der Waals surface area contributed by atoms with E-state index in [-0.39, 0.29) is 6.04 Å². The molecule has 1 fully saturated rings. The largest absolute Gasteiger partial charge is 0.383 e. The number of aryl methyl sites for hydroxylation is 1. The summed E-state index contributed by atoms with van der Waals surface area (Å²) in [5.74, 6) is -0.670. The SMILES string of the molecule is CC1CCC(c2ccc3sc(CCCN(C)C)nc3c2)N(C(=O)C(=O)Nc2cnc(N)c3cn[nH]c23)C1. The fourth-order valence-electron chi connectivity index (χ4n) is 4.93. The predicted molar refractivity (Wildman–Crippen MR) is 146 cm³/mol. The number of benzene rings is 1. The van der Waals surface area contributed by atoms with Gasteiger partial charge in [0.05, 0.1) is 50.3 Å². The molecule has 3 aromatic heterocycles. The molecule has 0 aliphatic carbocycles. The number of aromatic nitrogens is 4. The number of amides is 2. The number of carbonyl (C=O) groups excluding carboxylic acids is 2. The van der Waals surface area contributed by atoms with Gasteiger partial charge in [-0.3, -0.25) is 14.7 Å². The van der Waals surface area contributed by atoms with Gasteiger partial charge in [0.25, 0.3) is 0 Å². The Hall–Kier alpha value is -3.57. The van der Waals surface area contributed by atoms with E-state index in [2.05, 4.69) is 64.6 Å². The van der Waals surface area contributed by atoms with E-state index in [4.69, 9.17) is 10.7 Å². The highest BCUT2D eigenvalue weighted by Gasteiger charge is 2.34. The summed E-state index contributed by atoms with van der Waals surface area (Å²) in [6.45, 7) is 3.65. The number of likely N-dealkylation sites (tertiary alicyclic amines) is 1. The molecule has 11 heteroatoms. The Morgan fingerprint density at radius 2 is 2.11 bits per heavy atom. The van der Waals surface area contributed by atoms with E-state index >= 15 is 0 Å². The second-order valence-electron chi connectivity index (χ2n) is 10.1. The Balaban J connectivity index is 1.36. The molecule has 10 nitrogen and oxygen atoms in total. The van der Waals surface area contributed by atoms with Gasteiger partial charge in [-0.2, -0.15) is 5.10 Å². The Morgan fingerprint density at radius 3 is 2.92 bits per heavy atom. The van der Waals surface area contributed by atoms with Crippen molar-refractivity contribution in [3.63, 3.8) is 0 Å². The van der Waals surface area contributed by atoms with Crippen molar-refractivity contribution in [2.75, 3.05) is 38.2 Å². The fraction of sp³-hybridized carbons (Fsp3) is 0.423. The topological polar surface area (TPSA) is 133 Å². The average Bonchev–Trinajstić information content (AvgIpc) is 3.52. The molecule has 5 rings (SSSR count). The molecule has 194 valence electrons. The van der Waals surface area contributed by atoms with Crippen LogP contribution in [0.2, 0.25) is 0 Å². The molecule has 0 saturated carbocycles. The number of H-pyrrole nitrogens is 1. The summed E-state index contributed by atoms with van der Waals surface area (Å²) < 4.78 is 1.14. The molecule has 0 spiro atoms. The number of hydrogen-bond donors (Lipinski definition) is 3. The molecule has 2 atom stereocenters. The van der Waals surface area contributed by atoms with Crippen LogP contribution in [-0.2, 0) is 16.0 Å². The standard InChI is InChI=1S/C26H32N8O2S/c1-15-6-8-20(16-7-9-21-18(11-16)30-22(37-21)5-4-10-33(2)3)34(14-15)26(36)25(35)31-19-13-28-24(27)17-12-29-32-23(17)19/h7,9,11-13,15,20H,4-6,8,10,14H2,1-3H3,(H2,27,28)(H,29,32)(H,31,35). The van der Waals surface area contributed by atoms with Crippen LogP contribution in [0.1, 0.15) is 42.8 Å². The fourth-order valence-corrected chi connectivity index (χ4v) is 5.92. The molecule has 1 aromatic carbocycles. The predicted octanol–water partition coefficient (Wildman–Crippen LogP) is 3.58. The van der Waals surface area contributed by atoms with Crippen molar-refractivity contribution in [2.45, 2.75) is 38.6 Å². The monoisotopic (exact) mass is 520 g/mol. The maximum absolute atomic E-state index is 13.4. The summed E-state index contributed by atoms with van der Waals surface area (Å²) in [6, 6.07) is 6.06. The number of nitrogens with one attached hydrogen (secondary N) is 2. The lowest BCUT2D eigenvalue weighted by Crippen LogP contribution is -2.46. The minimum atomic E-state index is -0.709. The highest BCUT2D eigenvalue weighted by Crippen LogP contribution is 2.36. The third-order valence-electron chi connectivity index (χ3n) is 6.87. The zero-order valence-corrected chi connectivity index (χ0v) is 22.1. The highest BCUT2D eigenvalue weighted by molar-refractivity contribution is 7.18. The van der Waals surface area contributed by atoms with Crippen molar-refractivity contribution in [3.05, 3.63) is 41.2 Å². The van der Waals surface area contributed by atoms with Crippen molar-refractivity contribution in [3.8, 4) is 0 Å². The highest BCUT2D eigenvalue weighted by atomic mass is 32.1. The second-order valence-corrected chi connectivity index (χ2v) is 11.2. The van der Waals surface area contributed by atoms with Gasteiger partial charge in [0, 0.05) is 13.0 Å². The van der Waals surface area contributed by atoms with Crippen LogP contribution in [0.3, 0.4) is 0 Å². The molecule has 4 aromatic rings. The summed E-state index contributed by atoms with van der Waals surface area (Å²) in [6.07, 6.45) is 6.76. The number of pyridine rings is 1. The Bertz CT molecular complexity index is 1450. The zero-order valence-electron chi connectivity index (χ0n) is 21.3. The van der Waals surface area contributed by atoms with E-state index in [9.17, 15) is 9.59 Å². The van der Waals surface area contributed by atoms with Crippen molar-refractivity contribution in [2.24, 2.45) is 5.92 Å². The van der Waals surface area contributed by atoms with Crippen LogP contribution in [0, 0.1) is 5.92 Å². The number of carbonyl (C=O) groups is 2. The summed E-state index contributed by atoms with van der Waals surface area (Å²) in [4.78, 5) is 39.4. The first-order valence-electron chi connectivity index (χ1n) is 12.5. The van der Waals surface area contributed by atoms with Gasteiger partial charge >= 0.3 is 11.8 Å². The third kappa shape index (κ3) is 5.28. The van der Waals surface area contributed by atoms with Crippen molar-refractivity contribution >= 4 is 55.8 Å². The van der Waals surface area contributed by atoms with E-state index in [1.54, 1.807) is 22.4 Å². The number of fused-ring (bicyclic) bond motifs is 2. The average molecular weight is 521 g/mol. The molecular formula is C26H32N8O2S. The second kappa shape index (κ2) is 10.4. The number of aromatic amines is 1. The van der Waals surface area contributed by atoms with Crippen molar-refractivity contribution in [1.29, 1.82) is 0 Å². The normalized spacial score (nSPS) is 18.1. The molecule has 4 heterocycles. The number of rotatable bonds is 6. The van der Waals surface area contributed by atoms with Gasteiger partial charge in [-0.25, -0.2) is 9.97 Å². The van der Waals surface area contributed by atoms with E-state index in [1.807, 2.05) is 0 Å². The smallest absolute Gasteiger partial charge is 0.314 e. The van der Waals surface area contributed by atoms with Crippen LogP contribution in [0.5, 0.6) is 0 Å². The summed E-state index contributed by atoms with van der Waals surface area (Å²) in [7, 11) is 4.15. The maximum Gasteiger partial charge on any atom is 0.314 e. The number of nitrogens with zero attached hydrogens (tertiary/aromatic N) is 5. The number of anilines is 2. The van der Waals surface area contributed by atoms with Gasteiger partial charge in [0.15, 0.2) is 0 Å². The van der Waals surface area contributed by atoms with Crippen molar-refractivity contribution < 1.29 is 9.59 Å². The molecule has 1 aliphatic heterocycles. The van der Waals surface area contributed by atoms with Crippen LogP contribution in [0.25, 0.3) is 21.1 Å². The minimum absolute atomic E-state index is 0.186. The zero-order chi connectivity index (χ0) is 26.1. The van der Waals surface area contributed by atoms with Gasteiger partial charge in [-0.15, -0.1) is 11.3 Å². The summed E-state index contributed by atoms with van der Waals surface area (Å²) >= 11 is 1.72. The lowest BCUT2D eigenvalue weighted by Gasteiger charge is -2.38. The molecule has 4 N–H and O–H groups in total. The number of hydrogen-bond acceptors (Lipinski definition) is 8. The van der Waals surface area contributed by atoms with Gasteiger partial charge in [-0.1, -0.05) is 13.0 Å². The van der Waals surface area contributed by atoms with Gasteiger partial charge in [0.1, 0.15) is 5.82 Å². The molecule has 1 aliphatic rings. The molecule has 1 saturated heterocycles. The van der Waals surface area contributed by atoms with E-state index in [0.717, 1.165) is 53.0 Å². The number of nitrogen functional groups attached to an aromatic ring is 1. The van der Waals surface area contributed by atoms with Crippen LogP contribution >= 0.6 is 11.3 Å². The molecule has 2 unspecified atom stereocenters. The Kier molecular flexibility index (Phi) is 7.07. The molecule has 0 radical (unpaired) electrons. The number of piperidine rings is 1. The summed E-state index contributed by atoms with van der Waals surface area (Å²) in [5.41, 5.74) is 8.75. The van der Waals surface area contributed by atoms with Crippen LogP contribution in [0.15, 0.2) is 30.6 Å². The van der Waals surface area contributed by atoms with Gasteiger partial charge in [-0.05, 0) is 63.5 Å². The lowest BCUT2D eigenvalue weighted by atomic mass is 9.89. The Morgan fingerprint density at radius 1 is 1.27 bits per heavy atom. The number of nitrogens with two attached hydrogens (primary N) is 1. The van der Waals surface area contributed by atoms with Crippen LogP contribution in [0.4, 0.5) is 11.5 Å².